The van der Waals surface area contributed by atoms with Crippen molar-refractivity contribution in [2.75, 3.05) is 13.2 Å². The molecule has 0 saturated carbocycles. The van der Waals surface area contributed by atoms with Gasteiger partial charge in [0.25, 0.3) is 0 Å². The summed E-state index contributed by atoms with van der Waals surface area (Å²) in [7, 11) is 0. The quantitative estimate of drug-likeness (QED) is 0.616. The molecule has 0 bridgehead atoms. The topological polar surface area (TPSA) is 116 Å². The van der Waals surface area contributed by atoms with Gasteiger partial charge in [-0.3, -0.25) is 14.4 Å². The van der Waals surface area contributed by atoms with Gasteiger partial charge in [-0.15, -0.1) is 0 Å². The summed E-state index contributed by atoms with van der Waals surface area (Å²) in [5.41, 5.74) is 4.39. The zero-order valence-corrected chi connectivity index (χ0v) is 10.8. The average molecular weight is 261 g/mol. The van der Waals surface area contributed by atoms with E-state index in [0.29, 0.717) is 0 Å². The Morgan fingerprint density at radius 3 is 2.28 bits per heavy atom. The molecular formula is C11H19NO6. The van der Waals surface area contributed by atoms with Crippen LogP contribution in [-0.2, 0) is 23.9 Å². The lowest BCUT2D eigenvalue weighted by molar-refractivity contribution is -0.163. The molecule has 0 fully saturated rings. The summed E-state index contributed by atoms with van der Waals surface area (Å²) in [4.78, 5) is 33.4. The fourth-order valence-corrected chi connectivity index (χ4v) is 1.07. The highest BCUT2D eigenvalue weighted by Gasteiger charge is 2.41. The number of aliphatic carboxylic acids is 1. The van der Waals surface area contributed by atoms with Crippen LogP contribution in [0.15, 0.2) is 0 Å². The van der Waals surface area contributed by atoms with Crippen LogP contribution in [-0.4, -0.2) is 42.3 Å². The third-order valence-corrected chi connectivity index (χ3v) is 2.39. The zero-order valence-electron chi connectivity index (χ0n) is 10.8. The van der Waals surface area contributed by atoms with Gasteiger partial charge in [0.1, 0.15) is 12.6 Å². The van der Waals surface area contributed by atoms with Crippen molar-refractivity contribution < 1.29 is 29.0 Å². The molecule has 0 rings (SSSR count). The number of carboxylic acid groups (broad SMARTS) is 1. The molecule has 0 aromatic carbocycles. The molecule has 0 saturated heterocycles. The van der Waals surface area contributed by atoms with Gasteiger partial charge in [0.15, 0.2) is 0 Å². The molecule has 0 unspecified atom stereocenters. The standard InChI is InChI=1S/C11H19NO6/c1-4-17-10(16)11(2,3)8(12)9(15)18-6-5-7(13)14/h8H,4-6,12H2,1-3H3,(H,13,14)/t8-/m1/s1. The molecule has 3 N–H and O–H groups in total. The number of carboxylic acids is 1. The van der Waals surface area contributed by atoms with E-state index in [1.54, 1.807) is 6.92 Å². The Bertz CT molecular complexity index is 325. The lowest BCUT2D eigenvalue weighted by atomic mass is 9.85. The molecule has 0 aromatic heterocycles. The highest BCUT2D eigenvalue weighted by Crippen LogP contribution is 2.22. The molecule has 0 aromatic rings. The minimum atomic E-state index is -1.23. The number of esters is 2. The maximum atomic E-state index is 11.6. The van der Waals surface area contributed by atoms with Gasteiger partial charge in [0.2, 0.25) is 0 Å². The van der Waals surface area contributed by atoms with Gasteiger partial charge in [-0.25, -0.2) is 0 Å². The molecule has 0 heterocycles. The number of hydrogen-bond donors (Lipinski definition) is 2. The molecular weight excluding hydrogens is 242 g/mol. The van der Waals surface area contributed by atoms with Crippen molar-refractivity contribution in [2.45, 2.75) is 33.2 Å². The van der Waals surface area contributed by atoms with E-state index in [9.17, 15) is 14.4 Å². The van der Waals surface area contributed by atoms with E-state index < -0.39 is 29.4 Å². The molecule has 1 atom stereocenters. The van der Waals surface area contributed by atoms with E-state index >= 15 is 0 Å². The second-order valence-electron chi connectivity index (χ2n) is 4.23. The Hall–Kier alpha value is -1.63. The molecule has 0 aliphatic rings. The van der Waals surface area contributed by atoms with Crippen LogP contribution in [0.3, 0.4) is 0 Å². The van der Waals surface area contributed by atoms with Crippen molar-refractivity contribution in [2.24, 2.45) is 11.1 Å². The monoisotopic (exact) mass is 261 g/mol. The molecule has 104 valence electrons. The fourth-order valence-electron chi connectivity index (χ4n) is 1.07. The molecule has 0 radical (unpaired) electrons. The Morgan fingerprint density at radius 2 is 1.83 bits per heavy atom. The fraction of sp³-hybridized carbons (Fsp3) is 0.727. The predicted molar refractivity (Wildman–Crippen MR) is 61.6 cm³/mol. The third kappa shape index (κ3) is 4.70. The van der Waals surface area contributed by atoms with Gasteiger partial charge in [-0.05, 0) is 20.8 Å². The summed E-state index contributed by atoms with van der Waals surface area (Å²) in [6, 6.07) is -1.20. The first-order valence-corrected chi connectivity index (χ1v) is 5.54. The van der Waals surface area contributed by atoms with Crippen LogP contribution in [0.2, 0.25) is 0 Å². The first-order chi connectivity index (χ1) is 8.23. The Balaban J connectivity index is 4.42. The highest BCUT2D eigenvalue weighted by molar-refractivity contribution is 5.87. The van der Waals surface area contributed by atoms with Gasteiger partial charge in [0, 0.05) is 0 Å². The second kappa shape index (κ2) is 6.95. The summed E-state index contributed by atoms with van der Waals surface area (Å²) < 4.78 is 9.48. The maximum Gasteiger partial charge on any atom is 0.324 e. The van der Waals surface area contributed by atoms with Crippen LogP contribution in [0.25, 0.3) is 0 Å². The van der Waals surface area contributed by atoms with Crippen molar-refractivity contribution in [1.82, 2.24) is 0 Å². The van der Waals surface area contributed by atoms with E-state index in [2.05, 4.69) is 4.74 Å². The first-order valence-electron chi connectivity index (χ1n) is 5.54. The summed E-state index contributed by atoms with van der Waals surface area (Å²) >= 11 is 0. The summed E-state index contributed by atoms with van der Waals surface area (Å²) in [5.74, 6) is -2.51. The van der Waals surface area contributed by atoms with E-state index in [1.807, 2.05) is 0 Å². The molecule has 0 spiro atoms. The van der Waals surface area contributed by atoms with Crippen LogP contribution in [0.1, 0.15) is 27.2 Å². The minimum Gasteiger partial charge on any atom is -0.481 e. The average Bonchev–Trinajstić information content (AvgIpc) is 2.27. The Labute approximate surface area is 105 Å². The smallest absolute Gasteiger partial charge is 0.324 e. The van der Waals surface area contributed by atoms with Crippen molar-refractivity contribution in [3.05, 3.63) is 0 Å². The Kier molecular flexibility index (Phi) is 6.32. The van der Waals surface area contributed by atoms with Gasteiger partial charge in [0.05, 0.1) is 18.4 Å². The van der Waals surface area contributed by atoms with Crippen LogP contribution in [0.4, 0.5) is 0 Å². The van der Waals surface area contributed by atoms with Gasteiger partial charge < -0.3 is 20.3 Å². The van der Waals surface area contributed by atoms with Gasteiger partial charge in [-0.2, -0.15) is 0 Å². The number of ether oxygens (including phenoxy) is 2. The van der Waals surface area contributed by atoms with E-state index in [0.717, 1.165) is 0 Å². The summed E-state index contributed by atoms with van der Waals surface area (Å²) in [5, 5.41) is 8.39. The molecule has 0 aliphatic carbocycles. The van der Waals surface area contributed by atoms with Crippen molar-refractivity contribution in [3.63, 3.8) is 0 Å². The first kappa shape index (κ1) is 16.4. The summed E-state index contributed by atoms with van der Waals surface area (Å²) in [6.07, 6.45) is -0.307. The van der Waals surface area contributed by atoms with Crippen molar-refractivity contribution >= 4 is 17.9 Å². The molecule has 7 nitrogen and oxygen atoms in total. The Morgan fingerprint density at radius 1 is 1.28 bits per heavy atom. The molecule has 0 amide bonds. The van der Waals surface area contributed by atoms with Crippen LogP contribution >= 0.6 is 0 Å². The number of rotatable bonds is 7. The van der Waals surface area contributed by atoms with Crippen LogP contribution in [0, 0.1) is 5.41 Å². The number of hydrogen-bond acceptors (Lipinski definition) is 6. The van der Waals surface area contributed by atoms with Gasteiger partial charge >= 0.3 is 17.9 Å². The molecule has 18 heavy (non-hydrogen) atoms. The number of carbonyl (C=O) groups is 3. The van der Waals surface area contributed by atoms with Crippen molar-refractivity contribution in [1.29, 1.82) is 0 Å². The molecule has 7 heteroatoms. The van der Waals surface area contributed by atoms with Crippen LogP contribution < -0.4 is 5.73 Å². The lowest BCUT2D eigenvalue weighted by Crippen LogP contribution is -2.50. The van der Waals surface area contributed by atoms with E-state index in [-0.39, 0.29) is 19.6 Å². The molecule has 0 aliphatic heterocycles. The summed E-state index contributed by atoms with van der Waals surface area (Å²) in [6.45, 7) is 4.48. The third-order valence-electron chi connectivity index (χ3n) is 2.39. The van der Waals surface area contributed by atoms with Gasteiger partial charge in [-0.1, -0.05) is 0 Å². The number of carbonyl (C=O) groups excluding carboxylic acids is 2. The normalized spacial score (nSPS) is 12.7. The predicted octanol–water partition coefficient (Wildman–Crippen LogP) is -0.0791. The number of nitrogens with two attached hydrogens (primary N) is 1. The highest BCUT2D eigenvalue weighted by atomic mass is 16.5. The largest absolute Gasteiger partial charge is 0.481 e. The second-order valence-corrected chi connectivity index (χ2v) is 4.23. The maximum absolute atomic E-state index is 11.6. The van der Waals surface area contributed by atoms with Crippen molar-refractivity contribution in [3.8, 4) is 0 Å². The minimum absolute atomic E-state index is 0.184. The lowest BCUT2D eigenvalue weighted by Gasteiger charge is -2.27. The van der Waals surface area contributed by atoms with E-state index in [4.69, 9.17) is 15.6 Å². The SMILES string of the molecule is CCOC(=O)C(C)(C)[C@H](N)C(=O)OCCC(=O)O. The van der Waals surface area contributed by atoms with Crippen LogP contribution in [0.5, 0.6) is 0 Å². The zero-order chi connectivity index (χ0) is 14.3. The van der Waals surface area contributed by atoms with E-state index in [1.165, 1.54) is 13.8 Å².